The van der Waals surface area contributed by atoms with Crippen LogP contribution >= 0.6 is 0 Å². The van der Waals surface area contributed by atoms with E-state index in [1.54, 1.807) is 36.4 Å². The van der Waals surface area contributed by atoms with E-state index in [1.165, 1.54) is 12.1 Å². The van der Waals surface area contributed by atoms with E-state index in [4.69, 9.17) is 9.31 Å². The topological polar surface area (TPSA) is 59.0 Å². The third-order valence-corrected chi connectivity index (χ3v) is 4.96. The van der Waals surface area contributed by atoms with Gasteiger partial charge in [-0.3, -0.25) is 0 Å². The molecular formula is C19H21BFNO4. The summed E-state index contributed by atoms with van der Waals surface area (Å²) in [6, 6.07) is 12.8. The van der Waals surface area contributed by atoms with Gasteiger partial charge in [-0.1, -0.05) is 24.3 Å². The monoisotopic (exact) mass is 357 g/mol. The molecular weight excluding hydrogens is 336 g/mol. The van der Waals surface area contributed by atoms with Gasteiger partial charge in [-0.05, 0) is 52.0 Å². The Labute approximate surface area is 152 Å². The van der Waals surface area contributed by atoms with Gasteiger partial charge in [0.2, 0.25) is 0 Å². The fourth-order valence-electron chi connectivity index (χ4n) is 2.76. The summed E-state index contributed by atoms with van der Waals surface area (Å²) >= 11 is 0. The molecule has 0 aliphatic carbocycles. The number of benzene rings is 2. The van der Waals surface area contributed by atoms with E-state index in [0.717, 1.165) is 4.90 Å². The zero-order chi connectivity index (χ0) is 19.1. The maximum absolute atomic E-state index is 14.8. The quantitative estimate of drug-likeness (QED) is 0.846. The molecule has 1 aliphatic rings. The summed E-state index contributed by atoms with van der Waals surface area (Å²) in [5.41, 5.74) is -0.283. The summed E-state index contributed by atoms with van der Waals surface area (Å²) in [4.78, 5) is 12.7. The minimum Gasteiger partial charge on any atom is -0.464 e. The van der Waals surface area contributed by atoms with Crippen LogP contribution in [-0.2, 0) is 9.31 Å². The fraction of sp³-hybridized carbons (Fsp3) is 0.316. The van der Waals surface area contributed by atoms with Crippen LogP contribution in [0.25, 0.3) is 0 Å². The van der Waals surface area contributed by atoms with E-state index in [1.807, 2.05) is 27.7 Å². The largest absolute Gasteiger partial charge is 0.497 e. The Morgan fingerprint density at radius 3 is 2.08 bits per heavy atom. The van der Waals surface area contributed by atoms with Crippen LogP contribution in [0.5, 0.6) is 0 Å². The molecule has 1 fully saturated rings. The summed E-state index contributed by atoms with van der Waals surface area (Å²) in [5, 5.41) is 9.54. The first-order valence-electron chi connectivity index (χ1n) is 8.35. The van der Waals surface area contributed by atoms with Crippen LogP contribution in [0.1, 0.15) is 27.7 Å². The fourth-order valence-corrected chi connectivity index (χ4v) is 2.76. The lowest BCUT2D eigenvalue weighted by molar-refractivity contribution is 0.00578. The maximum atomic E-state index is 14.8. The number of hydrogen-bond acceptors (Lipinski definition) is 3. The first kappa shape index (κ1) is 18.4. The Kier molecular flexibility index (Phi) is 4.54. The van der Waals surface area contributed by atoms with E-state index in [0.29, 0.717) is 5.69 Å². The first-order chi connectivity index (χ1) is 12.1. The number of amides is 1. The van der Waals surface area contributed by atoms with Crippen molar-refractivity contribution in [2.24, 2.45) is 0 Å². The van der Waals surface area contributed by atoms with Crippen molar-refractivity contribution in [2.45, 2.75) is 38.9 Å². The second kappa shape index (κ2) is 6.41. The molecule has 0 spiro atoms. The number of hydrogen-bond donors (Lipinski definition) is 1. The average Bonchev–Trinajstić information content (AvgIpc) is 2.76. The number of para-hydroxylation sites is 1. The van der Waals surface area contributed by atoms with E-state index in [2.05, 4.69) is 0 Å². The molecule has 5 nitrogen and oxygen atoms in total. The van der Waals surface area contributed by atoms with Gasteiger partial charge >= 0.3 is 13.2 Å². The molecule has 1 amide bonds. The summed E-state index contributed by atoms with van der Waals surface area (Å²) in [5.74, 6) is -0.580. The second-order valence-corrected chi connectivity index (χ2v) is 7.25. The predicted molar refractivity (Wildman–Crippen MR) is 98.7 cm³/mol. The Morgan fingerprint density at radius 2 is 1.58 bits per heavy atom. The van der Waals surface area contributed by atoms with Crippen molar-refractivity contribution in [3.63, 3.8) is 0 Å². The van der Waals surface area contributed by atoms with Gasteiger partial charge in [0.25, 0.3) is 0 Å². The van der Waals surface area contributed by atoms with E-state index in [9.17, 15) is 14.3 Å². The van der Waals surface area contributed by atoms with Gasteiger partial charge in [-0.25, -0.2) is 14.1 Å². The van der Waals surface area contributed by atoms with Gasteiger partial charge in [0, 0.05) is 5.46 Å². The molecule has 26 heavy (non-hydrogen) atoms. The number of rotatable bonds is 3. The third kappa shape index (κ3) is 3.20. The summed E-state index contributed by atoms with van der Waals surface area (Å²) in [6.45, 7) is 7.56. The summed E-state index contributed by atoms with van der Waals surface area (Å²) in [6.07, 6.45) is -1.20. The van der Waals surface area contributed by atoms with Crippen LogP contribution in [0.4, 0.5) is 20.6 Å². The van der Waals surface area contributed by atoms with Crippen LogP contribution < -0.4 is 10.4 Å². The zero-order valence-corrected chi connectivity index (χ0v) is 15.2. The Balaban J connectivity index is 1.94. The maximum Gasteiger partial charge on any atom is 0.497 e. The highest BCUT2D eigenvalue weighted by atomic mass is 19.1. The van der Waals surface area contributed by atoms with Crippen LogP contribution in [0.3, 0.4) is 0 Å². The second-order valence-electron chi connectivity index (χ2n) is 7.25. The third-order valence-electron chi connectivity index (χ3n) is 4.96. The Morgan fingerprint density at radius 1 is 1.00 bits per heavy atom. The molecule has 1 heterocycles. The van der Waals surface area contributed by atoms with Gasteiger partial charge in [-0.2, -0.15) is 0 Å². The highest BCUT2D eigenvalue weighted by Gasteiger charge is 2.52. The van der Waals surface area contributed by atoms with Crippen LogP contribution in [0.15, 0.2) is 48.5 Å². The molecule has 2 aromatic rings. The van der Waals surface area contributed by atoms with Gasteiger partial charge in [0.05, 0.1) is 22.6 Å². The van der Waals surface area contributed by atoms with E-state index >= 15 is 0 Å². The van der Waals surface area contributed by atoms with Crippen molar-refractivity contribution >= 4 is 30.0 Å². The number of nitrogens with zero attached hydrogens (tertiary/aromatic N) is 1. The standard InChI is InChI=1S/C19H21BFNO4/c1-18(2)19(3,4)26-20(25-18)15-11-10-14(12-16(15)21)22(17(23)24)13-8-6-5-7-9-13/h5-12H,1-4H3,(H,23,24). The van der Waals surface area contributed by atoms with Gasteiger partial charge < -0.3 is 14.4 Å². The highest BCUT2D eigenvalue weighted by molar-refractivity contribution is 6.62. The minimum absolute atomic E-state index is 0.210. The molecule has 0 bridgehead atoms. The molecule has 0 aromatic heterocycles. The van der Waals surface area contributed by atoms with Crippen molar-refractivity contribution in [3.05, 3.63) is 54.3 Å². The van der Waals surface area contributed by atoms with Crippen LogP contribution in [-0.4, -0.2) is 29.5 Å². The summed E-state index contributed by atoms with van der Waals surface area (Å²) in [7, 11) is -0.843. The van der Waals surface area contributed by atoms with Gasteiger partial charge in [0.15, 0.2) is 0 Å². The molecule has 0 atom stereocenters. The van der Waals surface area contributed by atoms with Crippen molar-refractivity contribution in [1.82, 2.24) is 0 Å². The van der Waals surface area contributed by atoms with Gasteiger partial charge in [-0.15, -0.1) is 0 Å². The van der Waals surface area contributed by atoms with Crippen molar-refractivity contribution < 1.29 is 23.6 Å². The average molecular weight is 357 g/mol. The van der Waals surface area contributed by atoms with Crippen molar-refractivity contribution in [3.8, 4) is 0 Å². The van der Waals surface area contributed by atoms with Crippen LogP contribution in [0.2, 0.25) is 0 Å². The lowest BCUT2D eigenvalue weighted by Crippen LogP contribution is -2.41. The molecule has 2 aromatic carbocycles. The number of halogens is 1. The van der Waals surface area contributed by atoms with Crippen LogP contribution in [0, 0.1) is 5.82 Å². The predicted octanol–water partition coefficient (Wildman–Crippen LogP) is 3.94. The molecule has 0 radical (unpaired) electrons. The van der Waals surface area contributed by atoms with Gasteiger partial charge in [0.1, 0.15) is 5.82 Å². The normalized spacial score (nSPS) is 18.0. The van der Waals surface area contributed by atoms with Crippen molar-refractivity contribution in [2.75, 3.05) is 4.90 Å². The molecule has 136 valence electrons. The lowest BCUT2D eigenvalue weighted by Gasteiger charge is -2.32. The Hall–Kier alpha value is -2.38. The number of carbonyl (C=O) groups is 1. The zero-order valence-electron chi connectivity index (χ0n) is 15.2. The molecule has 1 aliphatic heterocycles. The number of anilines is 2. The number of carboxylic acid groups (broad SMARTS) is 1. The summed E-state index contributed by atoms with van der Waals surface area (Å²) < 4.78 is 26.5. The smallest absolute Gasteiger partial charge is 0.464 e. The molecule has 1 N–H and O–H groups in total. The molecule has 3 rings (SSSR count). The van der Waals surface area contributed by atoms with E-state index < -0.39 is 30.2 Å². The Bertz CT molecular complexity index is 810. The highest BCUT2D eigenvalue weighted by Crippen LogP contribution is 2.37. The minimum atomic E-state index is -1.20. The molecule has 7 heteroatoms. The molecule has 1 saturated heterocycles. The van der Waals surface area contributed by atoms with E-state index in [-0.39, 0.29) is 11.2 Å². The van der Waals surface area contributed by atoms with Crippen molar-refractivity contribution in [1.29, 1.82) is 0 Å². The first-order valence-corrected chi connectivity index (χ1v) is 8.35. The molecule has 0 unspecified atom stereocenters. The SMILES string of the molecule is CC1(C)OB(c2ccc(N(C(=O)O)c3ccccc3)cc2F)OC1(C)C. The lowest BCUT2D eigenvalue weighted by atomic mass is 9.78. The molecule has 0 saturated carbocycles.